The molecule has 1 atom stereocenters. The van der Waals surface area contributed by atoms with E-state index in [-0.39, 0.29) is 5.41 Å². The first-order chi connectivity index (χ1) is 33.4. The minimum absolute atomic E-state index is 0.136. The van der Waals surface area contributed by atoms with Crippen LogP contribution in [-0.2, 0) is 5.41 Å². The summed E-state index contributed by atoms with van der Waals surface area (Å²) in [5, 5.41) is 10.4. The molecule has 0 saturated carbocycles. The first-order valence-electron chi connectivity index (χ1n) is 24.4. The van der Waals surface area contributed by atoms with E-state index in [1.54, 1.807) is 5.57 Å². The van der Waals surface area contributed by atoms with Crippen molar-refractivity contribution in [2.24, 2.45) is 0 Å². The van der Waals surface area contributed by atoms with Gasteiger partial charge in [0.1, 0.15) is 11.2 Å². The van der Waals surface area contributed by atoms with E-state index in [2.05, 4.69) is 235 Å². The van der Waals surface area contributed by atoms with Crippen LogP contribution >= 0.6 is 0 Å². The molecule has 10 aromatic carbocycles. The molecule has 1 nitrogen and oxygen atoms in total. The molecule has 1 heterocycles. The van der Waals surface area contributed by atoms with Gasteiger partial charge < -0.3 is 4.42 Å². The Morgan fingerprint density at radius 3 is 1.62 bits per heavy atom. The van der Waals surface area contributed by atoms with Gasteiger partial charge in [0, 0.05) is 16.3 Å². The molecule has 3 aliphatic rings. The summed E-state index contributed by atoms with van der Waals surface area (Å²) in [5.41, 5.74) is 19.8. The lowest BCUT2D eigenvalue weighted by molar-refractivity contribution is 0.670. The number of furan rings is 1. The minimum atomic E-state index is -0.136. The Hall–Kier alpha value is -7.74. The van der Waals surface area contributed by atoms with Crippen LogP contribution in [0.5, 0.6) is 0 Å². The normalized spacial score (nSPS) is 15.0. The minimum Gasteiger partial charge on any atom is -0.455 e. The van der Waals surface area contributed by atoms with Crippen LogP contribution in [0.2, 0.25) is 0 Å². The summed E-state index contributed by atoms with van der Waals surface area (Å²) < 4.78 is 6.09. The number of hydrogen-bond donors (Lipinski definition) is 0. The second-order valence-electron chi connectivity index (χ2n) is 18.7. The number of fused-ring (bicyclic) bond motifs is 18. The number of aryl methyl sites for hydroxylation is 3. The van der Waals surface area contributed by atoms with E-state index >= 15 is 0 Å². The van der Waals surface area contributed by atoms with Gasteiger partial charge in [-0.2, -0.15) is 0 Å². The van der Waals surface area contributed by atoms with Gasteiger partial charge in [-0.15, -0.1) is 0 Å². The lowest BCUT2D eigenvalue weighted by atomic mass is 9.69. The van der Waals surface area contributed by atoms with Gasteiger partial charge in [0.25, 0.3) is 0 Å². The molecule has 0 saturated heterocycles. The molecule has 0 amide bonds. The molecule has 0 bridgehead atoms. The summed E-state index contributed by atoms with van der Waals surface area (Å²) in [6.07, 6.45) is 8.31. The van der Waals surface area contributed by atoms with Gasteiger partial charge in [-0.3, -0.25) is 0 Å². The highest BCUT2D eigenvalue weighted by molar-refractivity contribution is 6.25. The van der Waals surface area contributed by atoms with E-state index in [1.165, 1.54) is 111 Å². The van der Waals surface area contributed by atoms with Crippen molar-refractivity contribution in [1.82, 2.24) is 0 Å². The summed E-state index contributed by atoms with van der Waals surface area (Å²) in [6, 6.07) is 72.2. The van der Waals surface area contributed by atoms with Crippen molar-refractivity contribution >= 4 is 59.8 Å². The second-order valence-corrected chi connectivity index (χ2v) is 18.7. The van der Waals surface area contributed by atoms with Crippen LogP contribution in [0.25, 0.3) is 82.1 Å². The number of hydrogen-bond acceptors (Lipinski definition) is 1. The molecule has 0 radical (unpaired) electrons. The summed E-state index contributed by atoms with van der Waals surface area (Å²) in [6.45, 7) is 10.7. The van der Waals surface area contributed by atoms with Crippen molar-refractivity contribution < 1.29 is 4.42 Å². The molecule has 3 aliphatic carbocycles. The maximum Gasteiger partial charge on any atom is 0.143 e. The van der Waals surface area contributed by atoms with E-state index in [4.69, 9.17) is 4.42 Å². The third-order valence-corrected chi connectivity index (χ3v) is 14.2. The number of allylic oxidation sites excluding steroid dienone is 4. The molecule has 14 rings (SSSR count). The quantitative estimate of drug-likeness (QED) is 0.150. The Kier molecular flexibility index (Phi) is 11.2. The van der Waals surface area contributed by atoms with E-state index < -0.39 is 0 Å². The van der Waals surface area contributed by atoms with Gasteiger partial charge in [0.05, 0.1) is 5.41 Å². The molecule has 68 heavy (non-hydrogen) atoms. The van der Waals surface area contributed by atoms with Crippen LogP contribution in [0.3, 0.4) is 0 Å². The van der Waals surface area contributed by atoms with Crippen LogP contribution in [0, 0.1) is 20.8 Å². The average Bonchev–Trinajstić information content (AvgIpc) is 4.01. The fraction of sp³-hybridized carbons (Fsp3) is 0.134. The third kappa shape index (κ3) is 6.99. The molecule has 1 heteroatoms. The Morgan fingerprint density at radius 2 is 0.912 bits per heavy atom. The third-order valence-electron chi connectivity index (χ3n) is 14.2. The highest BCUT2D eigenvalue weighted by Gasteiger charge is 2.52. The zero-order chi connectivity index (χ0) is 46.4. The predicted molar refractivity (Wildman–Crippen MR) is 292 cm³/mol. The van der Waals surface area contributed by atoms with Crippen molar-refractivity contribution in [2.45, 2.75) is 59.3 Å². The van der Waals surface area contributed by atoms with Gasteiger partial charge in [-0.1, -0.05) is 238 Å². The van der Waals surface area contributed by atoms with E-state index in [0.717, 1.165) is 29.6 Å². The van der Waals surface area contributed by atoms with Crippen molar-refractivity contribution in [2.75, 3.05) is 0 Å². The Morgan fingerprint density at radius 1 is 0.412 bits per heavy atom. The molecule has 0 fully saturated rings. The van der Waals surface area contributed by atoms with Crippen molar-refractivity contribution in [3.05, 3.63) is 257 Å². The van der Waals surface area contributed by atoms with Crippen LogP contribution in [0.1, 0.15) is 72.1 Å². The summed E-state index contributed by atoms with van der Waals surface area (Å²) in [5.74, 6) is 0. The Labute approximate surface area is 400 Å². The fourth-order valence-electron chi connectivity index (χ4n) is 11.3. The molecule has 1 unspecified atom stereocenters. The largest absolute Gasteiger partial charge is 0.455 e. The first kappa shape index (κ1) is 42.9. The molecule has 1 spiro atoms. The van der Waals surface area contributed by atoms with E-state index in [0.29, 0.717) is 0 Å². The first-order valence-corrected chi connectivity index (χ1v) is 24.4. The zero-order valence-electron chi connectivity index (χ0n) is 39.7. The molecular weight excluding hydrogens is 821 g/mol. The summed E-state index contributed by atoms with van der Waals surface area (Å²) in [4.78, 5) is 0. The molecule has 330 valence electrons. The van der Waals surface area contributed by atoms with Crippen molar-refractivity contribution in [1.29, 1.82) is 0 Å². The highest BCUT2D eigenvalue weighted by Crippen LogP contribution is 2.63. The van der Waals surface area contributed by atoms with Crippen molar-refractivity contribution in [3.63, 3.8) is 0 Å². The second kappa shape index (κ2) is 17.8. The molecule has 11 aromatic rings. The van der Waals surface area contributed by atoms with Gasteiger partial charge in [0.15, 0.2) is 0 Å². The number of rotatable bonds is 1. The van der Waals surface area contributed by atoms with Crippen molar-refractivity contribution in [3.8, 4) is 22.3 Å². The lowest BCUT2D eigenvalue weighted by Crippen LogP contribution is -2.27. The SMILES string of the molecule is CCC.Cc1ccc2c(c1)-c1ccccc1C21C2=C(CCC=C2)c2ccccc21.Cc1ccc2c3ccccc3c3ccccc3c2c1.Cc1ccccc1-c1cccc2c1oc1ccccc12. The lowest BCUT2D eigenvalue weighted by Gasteiger charge is -2.32. The highest BCUT2D eigenvalue weighted by atomic mass is 16.3. The number of benzene rings is 10. The van der Waals surface area contributed by atoms with Gasteiger partial charge >= 0.3 is 0 Å². The number of para-hydroxylation sites is 2. The maximum atomic E-state index is 6.09. The zero-order valence-corrected chi connectivity index (χ0v) is 39.7. The van der Waals surface area contributed by atoms with Crippen LogP contribution in [-0.4, -0.2) is 0 Å². The smallest absolute Gasteiger partial charge is 0.143 e. The molecule has 0 N–H and O–H groups in total. The molecule has 1 aromatic heterocycles. The van der Waals surface area contributed by atoms with E-state index in [9.17, 15) is 0 Å². The van der Waals surface area contributed by atoms with Gasteiger partial charge in [0.2, 0.25) is 0 Å². The average molecular weight is 877 g/mol. The predicted octanol–water partition coefficient (Wildman–Crippen LogP) is 18.9. The Bertz CT molecular complexity index is 3740. The van der Waals surface area contributed by atoms with Gasteiger partial charge in [-0.25, -0.2) is 0 Å². The monoisotopic (exact) mass is 876 g/mol. The summed E-state index contributed by atoms with van der Waals surface area (Å²) in [7, 11) is 0. The fourth-order valence-corrected chi connectivity index (χ4v) is 11.3. The topological polar surface area (TPSA) is 13.1 Å². The maximum absolute atomic E-state index is 6.09. The van der Waals surface area contributed by atoms with Crippen LogP contribution in [0.15, 0.2) is 222 Å². The van der Waals surface area contributed by atoms with Gasteiger partial charge in [-0.05, 0) is 128 Å². The standard InChI is InChI=1S/C26H20.C19H14O.C19H14.C3H8/c1-17-14-15-25-21(16-17)20-10-4-7-13-24(20)26(25)22-11-5-2-8-18(22)19-9-3-6-12-23(19)26;1-13-7-2-3-8-14(13)16-10-6-11-17-15-9-4-5-12-18(15)20-19(16)17;1-13-10-11-18-16-8-3-2-6-14(16)15-7-4-5-9-17(15)19(18)12-13;1-3-2/h2,4-8,10-16H,3,9H2,1H3;2-12H,1H3;2-12H,1H3;3H2,1-2H3. The summed E-state index contributed by atoms with van der Waals surface area (Å²) >= 11 is 0. The molecule has 0 aliphatic heterocycles. The van der Waals surface area contributed by atoms with E-state index in [1.807, 2.05) is 12.1 Å². The molecular formula is C67H56O. The van der Waals surface area contributed by atoms with Crippen LogP contribution < -0.4 is 0 Å². The Balaban J connectivity index is 0.000000110. The van der Waals surface area contributed by atoms with Crippen LogP contribution in [0.4, 0.5) is 0 Å².